The predicted octanol–water partition coefficient (Wildman–Crippen LogP) is 4.72. The SMILES string of the molecule is Cl.NC1C2CCCC1CC(C(=O)NC(Cc1ccccc1)c1cccs1)C2. The zero-order valence-electron chi connectivity index (χ0n) is 15.6. The number of fused-ring (bicyclic) bond motifs is 2. The quantitative estimate of drug-likeness (QED) is 0.757. The first-order chi connectivity index (χ1) is 12.7. The van der Waals surface area contributed by atoms with Gasteiger partial charge in [0.1, 0.15) is 0 Å². The summed E-state index contributed by atoms with van der Waals surface area (Å²) < 4.78 is 0. The molecule has 5 heteroatoms. The molecule has 2 saturated carbocycles. The Morgan fingerprint density at radius 3 is 2.44 bits per heavy atom. The molecule has 2 aromatic rings. The van der Waals surface area contributed by atoms with E-state index in [1.165, 1.54) is 29.7 Å². The summed E-state index contributed by atoms with van der Waals surface area (Å²) in [6.07, 6.45) is 6.44. The number of benzene rings is 1. The number of nitrogens with two attached hydrogens (primary N) is 1. The Balaban J connectivity index is 0.00000210. The summed E-state index contributed by atoms with van der Waals surface area (Å²) in [6, 6.07) is 15.0. The molecule has 27 heavy (non-hydrogen) atoms. The Morgan fingerprint density at radius 1 is 1.11 bits per heavy atom. The second-order valence-electron chi connectivity index (χ2n) is 7.96. The largest absolute Gasteiger partial charge is 0.348 e. The van der Waals surface area contributed by atoms with Crippen LogP contribution < -0.4 is 11.1 Å². The Morgan fingerprint density at radius 2 is 1.81 bits per heavy atom. The van der Waals surface area contributed by atoms with Crippen LogP contribution >= 0.6 is 23.7 Å². The zero-order valence-corrected chi connectivity index (χ0v) is 17.2. The highest BCUT2D eigenvalue weighted by Crippen LogP contribution is 2.42. The van der Waals surface area contributed by atoms with Crippen molar-refractivity contribution in [2.75, 3.05) is 0 Å². The molecule has 2 fully saturated rings. The zero-order chi connectivity index (χ0) is 17.9. The van der Waals surface area contributed by atoms with Gasteiger partial charge in [-0.05, 0) is 60.9 Å². The van der Waals surface area contributed by atoms with Gasteiger partial charge >= 0.3 is 0 Å². The topological polar surface area (TPSA) is 55.1 Å². The third kappa shape index (κ3) is 4.74. The summed E-state index contributed by atoms with van der Waals surface area (Å²) in [5, 5.41) is 5.46. The molecule has 3 unspecified atom stereocenters. The molecular formula is C22H29ClN2OS. The van der Waals surface area contributed by atoms with Gasteiger partial charge in [0, 0.05) is 16.8 Å². The summed E-state index contributed by atoms with van der Waals surface area (Å²) in [5.41, 5.74) is 7.66. The third-order valence-electron chi connectivity index (χ3n) is 6.27. The van der Waals surface area contributed by atoms with Crippen molar-refractivity contribution >= 4 is 29.7 Å². The Labute approximate surface area is 172 Å². The minimum atomic E-state index is 0. The molecule has 2 aliphatic rings. The first-order valence-electron chi connectivity index (χ1n) is 9.84. The van der Waals surface area contributed by atoms with E-state index in [0.29, 0.717) is 17.9 Å². The fourth-order valence-corrected chi connectivity index (χ4v) is 5.63. The highest BCUT2D eigenvalue weighted by molar-refractivity contribution is 7.10. The number of hydrogen-bond acceptors (Lipinski definition) is 3. The lowest BCUT2D eigenvalue weighted by Crippen LogP contribution is -2.49. The van der Waals surface area contributed by atoms with Gasteiger partial charge in [-0.3, -0.25) is 4.79 Å². The molecule has 3 N–H and O–H groups in total. The van der Waals surface area contributed by atoms with Crippen molar-refractivity contribution < 1.29 is 4.79 Å². The molecule has 0 saturated heterocycles. The van der Waals surface area contributed by atoms with Gasteiger partial charge in [-0.1, -0.05) is 42.8 Å². The van der Waals surface area contributed by atoms with Crippen LogP contribution in [0.25, 0.3) is 0 Å². The van der Waals surface area contributed by atoms with Gasteiger partial charge in [0.05, 0.1) is 6.04 Å². The normalized spacial score (nSPS) is 28.0. The maximum Gasteiger partial charge on any atom is 0.223 e. The van der Waals surface area contributed by atoms with Gasteiger partial charge in [-0.2, -0.15) is 0 Å². The van der Waals surface area contributed by atoms with Crippen LogP contribution in [-0.4, -0.2) is 11.9 Å². The van der Waals surface area contributed by atoms with Crippen molar-refractivity contribution in [1.29, 1.82) is 0 Å². The van der Waals surface area contributed by atoms with Gasteiger partial charge in [0.15, 0.2) is 0 Å². The van der Waals surface area contributed by atoms with E-state index in [9.17, 15) is 4.79 Å². The summed E-state index contributed by atoms with van der Waals surface area (Å²) in [7, 11) is 0. The molecule has 1 aromatic carbocycles. The second kappa shape index (κ2) is 9.22. The predicted molar refractivity (Wildman–Crippen MR) is 114 cm³/mol. The maximum atomic E-state index is 13.1. The van der Waals surface area contributed by atoms with Crippen molar-refractivity contribution in [3.05, 3.63) is 58.3 Å². The highest BCUT2D eigenvalue weighted by atomic mass is 35.5. The number of hydrogen-bond donors (Lipinski definition) is 2. The monoisotopic (exact) mass is 404 g/mol. The molecule has 3 nitrogen and oxygen atoms in total. The van der Waals surface area contributed by atoms with E-state index >= 15 is 0 Å². The van der Waals surface area contributed by atoms with Crippen molar-refractivity contribution in [3.8, 4) is 0 Å². The van der Waals surface area contributed by atoms with E-state index in [1.54, 1.807) is 11.3 Å². The average Bonchev–Trinajstić information content (AvgIpc) is 3.16. The highest BCUT2D eigenvalue weighted by Gasteiger charge is 2.40. The lowest BCUT2D eigenvalue weighted by molar-refractivity contribution is -0.128. The summed E-state index contributed by atoms with van der Waals surface area (Å²) >= 11 is 1.72. The second-order valence-corrected chi connectivity index (χ2v) is 8.94. The van der Waals surface area contributed by atoms with Crippen LogP contribution in [0.15, 0.2) is 47.8 Å². The molecule has 1 amide bonds. The molecule has 2 aliphatic carbocycles. The van der Waals surface area contributed by atoms with Crippen LogP contribution in [0, 0.1) is 17.8 Å². The Hall–Kier alpha value is -1.36. The number of rotatable bonds is 5. The first-order valence-corrected chi connectivity index (χ1v) is 10.7. The average molecular weight is 405 g/mol. The lowest BCUT2D eigenvalue weighted by Gasteiger charge is -2.43. The fraction of sp³-hybridized carbons (Fsp3) is 0.500. The van der Waals surface area contributed by atoms with Gasteiger partial charge in [-0.25, -0.2) is 0 Å². The Kier molecular flexibility index (Phi) is 6.96. The van der Waals surface area contributed by atoms with Gasteiger partial charge in [-0.15, -0.1) is 23.7 Å². The molecule has 0 spiro atoms. The number of amides is 1. The van der Waals surface area contributed by atoms with E-state index in [0.717, 1.165) is 19.3 Å². The van der Waals surface area contributed by atoms with E-state index in [-0.39, 0.29) is 30.3 Å². The van der Waals surface area contributed by atoms with E-state index in [4.69, 9.17) is 5.73 Å². The molecule has 3 atom stereocenters. The van der Waals surface area contributed by atoms with Crippen LogP contribution in [0.4, 0.5) is 0 Å². The number of nitrogens with one attached hydrogen (secondary N) is 1. The van der Waals surface area contributed by atoms with Crippen LogP contribution in [0.3, 0.4) is 0 Å². The molecule has 0 aliphatic heterocycles. The minimum Gasteiger partial charge on any atom is -0.348 e. The van der Waals surface area contributed by atoms with Crippen LogP contribution in [-0.2, 0) is 11.2 Å². The molecule has 2 bridgehead atoms. The number of thiophene rings is 1. The third-order valence-corrected chi connectivity index (χ3v) is 7.26. The molecule has 0 radical (unpaired) electrons. The molecule has 1 aromatic heterocycles. The fourth-order valence-electron chi connectivity index (χ4n) is 4.85. The maximum absolute atomic E-state index is 13.1. The van der Waals surface area contributed by atoms with Crippen LogP contribution in [0.2, 0.25) is 0 Å². The standard InChI is InChI=1S/C22H28N2OS.ClH/c23-21-16-8-4-9-17(21)14-18(13-16)22(25)24-19(20-10-5-11-26-20)12-15-6-2-1-3-7-15;/h1-3,5-7,10-11,16-19,21H,4,8-9,12-14,23H2,(H,24,25);1H. The lowest BCUT2D eigenvalue weighted by atomic mass is 9.65. The summed E-state index contributed by atoms with van der Waals surface area (Å²) in [5.74, 6) is 1.42. The molecule has 4 rings (SSSR count). The number of halogens is 1. The molecule has 146 valence electrons. The Bertz CT molecular complexity index is 707. The van der Waals surface area contributed by atoms with Gasteiger partial charge in [0.25, 0.3) is 0 Å². The van der Waals surface area contributed by atoms with Crippen LogP contribution in [0.1, 0.15) is 48.6 Å². The van der Waals surface area contributed by atoms with Gasteiger partial charge in [0.2, 0.25) is 5.91 Å². The van der Waals surface area contributed by atoms with E-state index in [2.05, 4.69) is 47.1 Å². The van der Waals surface area contributed by atoms with Crippen molar-refractivity contribution in [1.82, 2.24) is 5.32 Å². The van der Waals surface area contributed by atoms with Crippen molar-refractivity contribution in [2.24, 2.45) is 23.5 Å². The number of carbonyl (C=O) groups is 1. The summed E-state index contributed by atoms with van der Waals surface area (Å²) in [6.45, 7) is 0. The van der Waals surface area contributed by atoms with Crippen molar-refractivity contribution in [2.45, 2.75) is 50.6 Å². The van der Waals surface area contributed by atoms with E-state index < -0.39 is 0 Å². The van der Waals surface area contributed by atoms with Gasteiger partial charge < -0.3 is 11.1 Å². The van der Waals surface area contributed by atoms with E-state index in [1.807, 2.05) is 6.07 Å². The molecule has 1 heterocycles. The summed E-state index contributed by atoms with van der Waals surface area (Å²) in [4.78, 5) is 14.3. The number of carbonyl (C=O) groups excluding carboxylic acids is 1. The first kappa shape index (κ1) is 20.4. The smallest absolute Gasteiger partial charge is 0.223 e. The van der Waals surface area contributed by atoms with Crippen LogP contribution in [0.5, 0.6) is 0 Å². The van der Waals surface area contributed by atoms with Crippen molar-refractivity contribution in [3.63, 3.8) is 0 Å². The molecular weight excluding hydrogens is 376 g/mol. The minimum absolute atomic E-state index is 0.